The van der Waals surface area contributed by atoms with E-state index in [1.54, 1.807) is 25.1 Å². The molecule has 2 N–H and O–H groups in total. The van der Waals surface area contributed by atoms with Crippen LogP contribution in [-0.4, -0.2) is 16.7 Å². The lowest BCUT2D eigenvalue weighted by atomic mass is 10.1. The molecule has 7 nitrogen and oxygen atoms in total. The standard InChI is InChI=1S/C23H17ClFN3O4/c1-14-9-10-16(13-19(14)24)26-23(30)21(12-15-5-4-6-17(11-15)28(31)32)27-22(29)18-7-2-3-8-20(18)25/h2-13H,1H3,(H,26,30)(H,27,29). The van der Waals surface area contributed by atoms with Crippen LogP contribution in [0.25, 0.3) is 6.08 Å². The lowest BCUT2D eigenvalue weighted by Crippen LogP contribution is -2.31. The van der Waals surface area contributed by atoms with E-state index >= 15 is 0 Å². The fourth-order valence-corrected chi connectivity index (χ4v) is 2.94. The van der Waals surface area contributed by atoms with Crippen LogP contribution in [0, 0.1) is 22.9 Å². The van der Waals surface area contributed by atoms with E-state index in [4.69, 9.17) is 11.6 Å². The first-order valence-corrected chi connectivity index (χ1v) is 9.72. The van der Waals surface area contributed by atoms with Crippen LogP contribution >= 0.6 is 11.6 Å². The molecule has 9 heteroatoms. The summed E-state index contributed by atoms with van der Waals surface area (Å²) in [5.41, 5.74) is 0.781. The Kier molecular flexibility index (Phi) is 6.97. The van der Waals surface area contributed by atoms with Crippen LogP contribution in [0.1, 0.15) is 21.5 Å². The highest BCUT2D eigenvalue weighted by Crippen LogP contribution is 2.21. The number of nitrogens with one attached hydrogen (secondary N) is 2. The number of anilines is 1. The van der Waals surface area contributed by atoms with E-state index in [2.05, 4.69) is 10.6 Å². The number of amides is 2. The molecule has 0 spiro atoms. The number of carbonyl (C=O) groups excluding carboxylic acids is 2. The maximum Gasteiger partial charge on any atom is 0.272 e. The number of nitrogens with zero attached hydrogens (tertiary/aromatic N) is 1. The van der Waals surface area contributed by atoms with Gasteiger partial charge < -0.3 is 10.6 Å². The second kappa shape index (κ2) is 9.84. The first kappa shape index (κ1) is 22.6. The molecule has 3 aromatic rings. The Labute approximate surface area is 187 Å². The van der Waals surface area contributed by atoms with Gasteiger partial charge in [0.2, 0.25) is 0 Å². The summed E-state index contributed by atoms with van der Waals surface area (Å²) in [6.45, 7) is 1.80. The third-order valence-electron chi connectivity index (χ3n) is 4.43. The van der Waals surface area contributed by atoms with Crippen molar-refractivity contribution < 1.29 is 18.9 Å². The van der Waals surface area contributed by atoms with E-state index in [1.807, 2.05) is 0 Å². The van der Waals surface area contributed by atoms with Crippen LogP contribution < -0.4 is 10.6 Å². The van der Waals surface area contributed by atoms with Gasteiger partial charge in [-0.3, -0.25) is 19.7 Å². The van der Waals surface area contributed by atoms with Crippen molar-refractivity contribution in [2.75, 3.05) is 5.32 Å². The fourth-order valence-electron chi connectivity index (χ4n) is 2.76. The number of hydrogen-bond acceptors (Lipinski definition) is 4. The van der Waals surface area contributed by atoms with Gasteiger partial charge in [-0.25, -0.2) is 4.39 Å². The Hall–Kier alpha value is -4.04. The monoisotopic (exact) mass is 453 g/mol. The molecule has 0 bridgehead atoms. The average Bonchev–Trinajstić information content (AvgIpc) is 2.76. The number of rotatable bonds is 6. The minimum atomic E-state index is -0.850. The molecule has 0 aliphatic rings. The summed E-state index contributed by atoms with van der Waals surface area (Å²) in [4.78, 5) is 36.0. The molecule has 162 valence electrons. The van der Waals surface area contributed by atoms with E-state index in [1.165, 1.54) is 48.5 Å². The van der Waals surface area contributed by atoms with Gasteiger partial charge in [-0.15, -0.1) is 0 Å². The predicted octanol–water partition coefficient (Wildman–Crippen LogP) is 5.11. The summed E-state index contributed by atoms with van der Waals surface area (Å²) < 4.78 is 14.0. The number of non-ortho nitro benzene ring substituents is 1. The van der Waals surface area contributed by atoms with E-state index in [9.17, 15) is 24.1 Å². The normalized spacial score (nSPS) is 11.0. The van der Waals surface area contributed by atoms with Gasteiger partial charge in [0.15, 0.2) is 0 Å². The van der Waals surface area contributed by atoms with Gasteiger partial charge in [0, 0.05) is 22.8 Å². The molecule has 0 heterocycles. The van der Waals surface area contributed by atoms with Crippen LogP contribution in [-0.2, 0) is 4.79 Å². The van der Waals surface area contributed by atoms with Gasteiger partial charge in [0.25, 0.3) is 17.5 Å². The summed E-state index contributed by atoms with van der Waals surface area (Å²) in [5.74, 6) is -2.33. The largest absolute Gasteiger partial charge is 0.321 e. The topological polar surface area (TPSA) is 101 Å². The maximum atomic E-state index is 14.0. The Balaban J connectivity index is 1.96. The van der Waals surface area contributed by atoms with Crippen molar-refractivity contribution in [1.29, 1.82) is 0 Å². The molecule has 0 saturated carbocycles. The molecule has 0 aromatic heterocycles. The number of aryl methyl sites for hydroxylation is 1. The smallest absolute Gasteiger partial charge is 0.272 e. The first-order valence-electron chi connectivity index (χ1n) is 9.34. The lowest BCUT2D eigenvalue weighted by molar-refractivity contribution is -0.384. The highest BCUT2D eigenvalue weighted by Gasteiger charge is 2.18. The quantitative estimate of drug-likeness (QED) is 0.308. The third-order valence-corrected chi connectivity index (χ3v) is 4.84. The van der Waals surface area contributed by atoms with Gasteiger partial charge in [0.05, 0.1) is 10.5 Å². The molecule has 32 heavy (non-hydrogen) atoms. The number of nitro benzene ring substituents is 1. The van der Waals surface area contributed by atoms with Gasteiger partial charge in [-0.1, -0.05) is 41.9 Å². The van der Waals surface area contributed by atoms with Gasteiger partial charge in [-0.2, -0.15) is 0 Å². The van der Waals surface area contributed by atoms with Crippen molar-refractivity contribution in [1.82, 2.24) is 5.32 Å². The summed E-state index contributed by atoms with van der Waals surface area (Å²) in [6, 6.07) is 15.7. The molecular formula is C23H17ClFN3O4. The van der Waals surface area contributed by atoms with Gasteiger partial charge in [0.1, 0.15) is 11.5 Å². The number of nitro groups is 1. The van der Waals surface area contributed by atoms with Gasteiger partial charge in [-0.05, 0) is 48.4 Å². The highest BCUT2D eigenvalue weighted by atomic mass is 35.5. The summed E-state index contributed by atoms with van der Waals surface area (Å²) in [6.07, 6.45) is 1.26. The van der Waals surface area contributed by atoms with Gasteiger partial charge >= 0.3 is 0 Å². The van der Waals surface area contributed by atoms with Crippen molar-refractivity contribution in [2.45, 2.75) is 6.92 Å². The average molecular weight is 454 g/mol. The van der Waals surface area contributed by atoms with Crippen molar-refractivity contribution in [3.8, 4) is 0 Å². The lowest BCUT2D eigenvalue weighted by Gasteiger charge is -2.12. The minimum absolute atomic E-state index is 0.191. The highest BCUT2D eigenvalue weighted by molar-refractivity contribution is 6.31. The van der Waals surface area contributed by atoms with Crippen LogP contribution in [0.3, 0.4) is 0 Å². The van der Waals surface area contributed by atoms with Crippen LogP contribution in [0.15, 0.2) is 72.4 Å². The molecular weight excluding hydrogens is 437 g/mol. The predicted molar refractivity (Wildman–Crippen MR) is 120 cm³/mol. The van der Waals surface area contributed by atoms with E-state index in [0.717, 1.165) is 11.6 Å². The fraction of sp³-hybridized carbons (Fsp3) is 0.0435. The van der Waals surface area contributed by atoms with Crippen molar-refractivity contribution >= 4 is 40.9 Å². The summed E-state index contributed by atoms with van der Waals surface area (Å²) in [7, 11) is 0. The number of hydrogen-bond donors (Lipinski definition) is 2. The van der Waals surface area contributed by atoms with Crippen molar-refractivity contribution in [3.05, 3.63) is 110 Å². The first-order chi connectivity index (χ1) is 15.2. The summed E-state index contributed by atoms with van der Waals surface area (Å²) >= 11 is 6.09. The second-order valence-corrected chi connectivity index (χ2v) is 7.17. The molecule has 0 saturated heterocycles. The second-order valence-electron chi connectivity index (χ2n) is 6.76. The number of benzene rings is 3. The van der Waals surface area contributed by atoms with Crippen LogP contribution in [0.2, 0.25) is 5.02 Å². The Morgan fingerprint density at radius 3 is 2.50 bits per heavy atom. The molecule has 0 aliphatic heterocycles. The molecule has 0 atom stereocenters. The Bertz CT molecular complexity index is 1240. The minimum Gasteiger partial charge on any atom is -0.321 e. The van der Waals surface area contributed by atoms with Crippen LogP contribution in [0.5, 0.6) is 0 Å². The van der Waals surface area contributed by atoms with E-state index < -0.39 is 22.6 Å². The SMILES string of the molecule is Cc1ccc(NC(=O)C(=Cc2cccc([N+](=O)[O-])c2)NC(=O)c2ccccc2F)cc1Cl. The summed E-state index contributed by atoms with van der Waals surface area (Å²) in [5, 5.41) is 16.5. The zero-order chi connectivity index (χ0) is 23.3. The molecule has 0 fully saturated rings. The number of carbonyl (C=O) groups is 2. The molecule has 2 amide bonds. The van der Waals surface area contributed by atoms with Crippen LogP contribution in [0.4, 0.5) is 15.8 Å². The molecule has 0 radical (unpaired) electrons. The number of halogens is 2. The Morgan fingerprint density at radius 2 is 1.81 bits per heavy atom. The maximum absolute atomic E-state index is 14.0. The Morgan fingerprint density at radius 1 is 1.06 bits per heavy atom. The zero-order valence-corrected chi connectivity index (χ0v) is 17.5. The third kappa shape index (κ3) is 5.55. The molecule has 0 unspecified atom stereocenters. The van der Waals surface area contributed by atoms with Crippen molar-refractivity contribution in [2.24, 2.45) is 0 Å². The molecule has 3 aromatic carbocycles. The van der Waals surface area contributed by atoms with E-state index in [0.29, 0.717) is 16.3 Å². The van der Waals surface area contributed by atoms with Crippen molar-refractivity contribution in [3.63, 3.8) is 0 Å². The molecule has 0 aliphatic carbocycles. The zero-order valence-electron chi connectivity index (χ0n) is 16.8. The molecule has 3 rings (SSSR count). The van der Waals surface area contributed by atoms with E-state index in [-0.39, 0.29) is 16.9 Å².